The van der Waals surface area contributed by atoms with Gasteiger partial charge in [0, 0.05) is 16.3 Å². The lowest BCUT2D eigenvalue weighted by Gasteiger charge is -2.26. The van der Waals surface area contributed by atoms with Crippen LogP contribution in [0.1, 0.15) is 23.6 Å². The van der Waals surface area contributed by atoms with Gasteiger partial charge in [0.25, 0.3) is 10.0 Å². The molecule has 0 unspecified atom stereocenters. The fourth-order valence-corrected chi connectivity index (χ4v) is 6.33. The van der Waals surface area contributed by atoms with E-state index in [9.17, 15) is 13.2 Å². The van der Waals surface area contributed by atoms with Gasteiger partial charge in [-0.05, 0) is 74.4 Å². The van der Waals surface area contributed by atoms with Gasteiger partial charge < -0.3 is 10.1 Å². The van der Waals surface area contributed by atoms with Crippen LogP contribution in [0.5, 0.6) is 5.75 Å². The second kappa shape index (κ2) is 12.9. The van der Waals surface area contributed by atoms with E-state index in [-0.39, 0.29) is 4.90 Å². The standard InChI is InChI=1S/C31H32N2O4S2/c1-4-37-30-13-9-8-12-29(30)33(39(35,36)27-17-14-23(2)15-18-27)21-31(34)32-28-19-16-25(20-24(28)3)22-38-26-10-6-5-7-11-26/h5-20H,4,21-22H2,1-3H3,(H,32,34). The lowest BCUT2D eigenvalue weighted by Crippen LogP contribution is -2.38. The molecule has 4 rings (SSSR count). The molecule has 0 saturated carbocycles. The van der Waals surface area contributed by atoms with E-state index < -0.39 is 22.5 Å². The fourth-order valence-electron chi connectivity index (χ4n) is 4.04. The van der Waals surface area contributed by atoms with Gasteiger partial charge in [-0.3, -0.25) is 9.10 Å². The van der Waals surface area contributed by atoms with E-state index in [2.05, 4.69) is 17.4 Å². The second-order valence-electron chi connectivity index (χ2n) is 9.02. The summed E-state index contributed by atoms with van der Waals surface area (Å²) in [6, 6.07) is 29.5. The van der Waals surface area contributed by atoms with E-state index in [1.165, 1.54) is 4.90 Å². The third-order valence-electron chi connectivity index (χ3n) is 6.04. The maximum atomic E-state index is 13.8. The van der Waals surface area contributed by atoms with Crippen LogP contribution in [-0.4, -0.2) is 27.5 Å². The summed E-state index contributed by atoms with van der Waals surface area (Å²) in [6.45, 7) is 5.59. The normalized spacial score (nSPS) is 11.2. The Morgan fingerprint density at radius 2 is 1.59 bits per heavy atom. The van der Waals surface area contributed by atoms with E-state index in [0.29, 0.717) is 23.7 Å². The molecule has 4 aromatic carbocycles. The van der Waals surface area contributed by atoms with E-state index in [1.54, 1.807) is 60.3 Å². The van der Waals surface area contributed by atoms with Gasteiger partial charge in [-0.2, -0.15) is 0 Å². The first-order chi connectivity index (χ1) is 18.8. The van der Waals surface area contributed by atoms with Crippen molar-refractivity contribution < 1.29 is 17.9 Å². The van der Waals surface area contributed by atoms with Gasteiger partial charge in [0.2, 0.25) is 5.91 Å². The monoisotopic (exact) mass is 560 g/mol. The van der Waals surface area contributed by atoms with Crippen molar-refractivity contribution in [3.05, 3.63) is 114 Å². The number of hydrogen-bond donors (Lipinski definition) is 1. The highest BCUT2D eigenvalue weighted by molar-refractivity contribution is 7.98. The van der Waals surface area contributed by atoms with Crippen molar-refractivity contribution in [3.8, 4) is 5.75 Å². The topological polar surface area (TPSA) is 75.7 Å². The minimum Gasteiger partial charge on any atom is -0.492 e. The average molecular weight is 561 g/mol. The van der Waals surface area contributed by atoms with E-state index >= 15 is 0 Å². The molecule has 0 aliphatic carbocycles. The number of carbonyl (C=O) groups is 1. The van der Waals surface area contributed by atoms with Crippen LogP contribution in [0.15, 0.2) is 107 Å². The fraction of sp³-hybridized carbons (Fsp3) is 0.194. The van der Waals surface area contributed by atoms with Crippen LogP contribution >= 0.6 is 11.8 Å². The molecule has 0 aliphatic rings. The maximum Gasteiger partial charge on any atom is 0.264 e. The van der Waals surface area contributed by atoms with Crippen LogP contribution < -0.4 is 14.4 Å². The SMILES string of the molecule is CCOc1ccccc1N(CC(=O)Nc1ccc(CSc2ccccc2)cc1C)S(=O)(=O)c1ccc(C)cc1. The first-order valence-corrected chi connectivity index (χ1v) is 15.1. The lowest BCUT2D eigenvalue weighted by molar-refractivity contribution is -0.114. The van der Waals surface area contributed by atoms with E-state index in [4.69, 9.17) is 4.74 Å². The van der Waals surface area contributed by atoms with Crippen molar-refractivity contribution in [2.24, 2.45) is 0 Å². The quantitative estimate of drug-likeness (QED) is 0.204. The largest absolute Gasteiger partial charge is 0.492 e. The Kier molecular flexibility index (Phi) is 9.32. The Balaban J connectivity index is 1.56. The molecule has 0 heterocycles. The number of carbonyl (C=O) groups excluding carboxylic acids is 1. The number of para-hydroxylation sites is 2. The summed E-state index contributed by atoms with van der Waals surface area (Å²) < 4.78 is 34.4. The summed E-state index contributed by atoms with van der Waals surface area (Å²) in [5.41, 5.74) is 3.92. The number of aryl methyl sites for hydroxylation is 2. The molecule has 202 valence electrons. The highest BCUT2D eigenvalue weighted by atomic mass is 32.2. The number of nitrogens with zero attached hydrogens (tertiary/aromatic N) is 1. The Labute approximate surface area is 235 Å². The van der Waals surface area contributed by atoms with Gasteiger partial charge in [0.15, 0.2) is 0 Å². The molecule has 0 bridgehead atoms. The molecule has 8 heteroatoms. The number of amides is 1. The highest BCUT2D eigenvalue weighted by Crippen LogP contribution is 2.33. The van der Waals surface area contributed by atoms with Crippen molar-refractivity contribution in [1.82, 2.24) is 0 Å². The first-order valence-electron chi connectivity index (χ1n) is 12.7. The van der Waals surface area contributed by atoms with Gasteiger partial charge in [-0.15, -0.1) is 11.8 Å². The summed E-state index contributed by atoms with van der Waals surface area (Å²) >= 11 is 1.74. The van der Waals surface area contributed by atoms with Crippen LogP contribution in [0.2, 0.25) is 0 Å². The molecule has 0 aliphatic heterocycles. The van der Waals surface area contributed by atoms with Crippen LogP contribution in [0, 0.1) is 13.8 Å². The second-order valence-corrected chi connectivity index (χ2v) is 11.9. The van der Waals surface area contributed by atoms with Crippen LogP contribution in [-0.2, 0) is 20.6 Å². The van der Waals surface area contributed by atoms with E-state index in [0.717, 1.165) is 26.7 Å². The zero-order valence-corrected chi connectivity index (χ0v) is 23.9. The smallest absolute Gasteiger partial charge is 0.264 e. The zero-order valence-electron chi connectivity index (χ0n) is 22.3. The lowest BCUT2D eigenvalue weighted by atomic mass is 10.1. The summed E-state index contributed by atoms with van der Waals surface area (Å²) in [4.78, 5) is 14.6. The summed E-state index contributed by atoms with van der Waals surface area (Å²) in [7, 11) is -4.06. The predicted molar refractivity (Wildman–Crippen MR) is 159 cm³/mol. The summed E-state index contributed by atoms with van der Waals surface area (Å²) in [6.07, 6.45) is 0. The number of hydrogen-bond acceptors (Lipinski definition) is 5. The number of anilines is 2. The van der Waals surface area contributed by atoms with Crippen LogP contribution in [0.4, 0.5) is 11.4 Å². The molecule has 0 fully saturated rings. The van der Waals surface area contributed by atoms with E-state index in [1.807, 2.05) is 57.2 Å². The number of thioether (sulfide) groups is 1. The van der Waals surface area contributed by atoms with Crippen molar-refractivity contribution >= 4 is 39.1 Å². The molecule has 1 amide bonds. The average Bonchev–Trinajstić information content (AvgIpc) is 2.93. The number of sulfonamides is 1. The Hall–Kier alpha value is -3.75. The summed E-state index contributed by atoms with van der Waals surface area (Å²) in [5, 5.41) is 2.90. The minimum atomic E-state index is -4.06. The minimum absolute atomic E-state index is 0.101. The van der Waals surface area contributed by atoms with Crippen molar-refractivity contribution in [1.29, 1.82) is 0 Å². The predicted octanol–water partition coefficient (Wildman–Crippen LogP) is 6.83. The Bertz CT molecular complexity index is 1520. The van der Waals surface area contributed by atoms with Gasteiger partial charge in [0.05, 0.1) is 17.2 Å². The molecule has 39 heavy (non-hydrogen) atoms. The molecular weight excluding hydrogens is 528 g/mol. The third-order valence-corrected chi connectivity index (χ3v) is 8.90. The number of nitrogens with one attached hydrogen (secondary N) is 1. The number of ether oxygens (including phenoxy) is 1. The molecule has 1 N–H and O–H groups in total. The highest BCUT2D eigenvalue weighted by Gasteiger charge is 2.29. The molecule has 0 spiro atoms. The Morgan fingerprint density at radius 1 is 0.897 bits per heavy atom. The van der Waals surface area contributed by atoms with Gasteiger partial charge in [-0.1, -0.05) is 60.2 Å². The molecule has 4 aromatic rings. The van der Waals surface area contributed by atoms with Gasteiger partial charge >= 0.3 is 0 Å². The molecule has 0 aromatic heterocycles. The van der Waals surface area contributed by atoms with Crippen LogP contribution in [0.25, 0.3) is 0 Å². The zero-order chi connectivity index (χ0) is 27.8. The molecule has 6 nitrogen and oxygen atoms in total. The van der Waals surface area contributed by atoms with Crippen molar-refractivity contribution in [2.75, 3.05) is 22.8 Å². The summed E-state index contributed by atoms with van der Waals surface area (Å²) in [5.74, 6) is 0.738. The van der Waals surface area contributed by atoms with Crippen molar-refractivity contribution in [2.45, 2.75) is 36.3 Å². The molecule has 0 radical (unpaired) electrons. The first kappa shape index (κ1) is 28.3. The Morgan fingerprint density at radius 3 is 2.28 bits per heavy atom. The molecular formula is C31H32N2O4S2. The third kappa shape index (κ3) is 7.22. The van der Waals surface area contributed by atoms with Crippen molar-refractivity contribution in [3.63, 3.8) is 0 Å². The molecule has 0 atom stereocenters. The number of rotatable bonds is 11. The maximum absolute atomic E-state index is 13.8. The van der Waals surface area contributed by atoms with Gasteiger partial charge in [0.1, 0.15) is 12.3 Å². The molecule has 0 saturated heterocycles. The van der Waals surface area contributed by atoms with Gasteiger partial charge in [-0.25, -0.2) is 8.42 Å². The van der Waals surface area contributed by atoms with Crippen LogP contribution in [0.3, 0.4) is 0 Å². The number of benzene rings is 4.